The average Bonchev–Trinajstić information content (AvgIpc) is 2.30. The summed E-state index contributed by atoms with van der Waals surface area (Å²) in [6.45, 7) is 2.02. The second kappa shape index (κ2) is 6.57. The fourth-order valence-corrected chi connectivity index (χ4v) is 1.54. The van der Waals surface area contributed by atoms with Crippen LogP contribution in [-0.4, -0.2) is 11.9 Å². The number of benzene rings is 1. The second-order valence-corrected chi connectivity index (χ2v) is 4.27. The maximum Gasteiger partial charge on any atom is 0.241 e. The minimum absolute atomic E-state index is 0.253. The molecular formula is C12H16ClFN2O. The number of amides is 1. The van der Waals surface area contributed by atoms with E-state index in [-0.39, 0.29) is 11.6 Å². The van der Waals surface area contributed by atoms with E-state index in [1.807, 2.05) is 6.92 Å². The molecule has 0 aliphatic rings. The lowest BCUT2D eigenvalue weighted by Crippen LogP contribution is -2.35. The van der Waals surface area contributed by atoms with E-state index >= 15 is 0 Å². The van der Waals surface area contributed by atoms with Crippen LogP contribution in [0.3, 0.4) is 0 Å². The van der Waals surface area contributed by atoms with E-state index in [1.54, 1.807) is 0 Å². The summed E-state index contributed by atoms with van der Waals surface area (Å²) in [6, 6.07) is 3.21. The van der Waals surface area contributed by atoms with Crippen molar-refractivity contribution >= 4 is 23.2 Å². The van der Waals surface area contributed by atoms with E-state index < -0.39 is 11.9 Å². The van der Waals surface area contributed by atoms with Crippen LogP contribution in [0.4, 0.5) is 10.1 Å². The van der Waals surface area contributed by atoms with Crippen LogP contribution in [0.5, 0.6) is 0 Å². The summed E-state index contributed by atoms with van der Waals surface area (Å²) in [7, 11) is 0. The molecule has 1 amide bonds. The van der Waals surface area contributed by atoms with Crippen molar-refractivity contribution in [2.45, 2.75) is 32.2 Å². The van der Waals surface area contributed by atoms with Gasteiger partial charge in [0.2, 0.25) is 5.91 Å². The summed E-state index contributed by atoms with van der Waals surface area (Å²) in [4.78, 5) is 11.7. The summed E-state index contributed by atoms with van der Waals surface area (Å²) in [5, 5.41) is 2.82. The Morgan fingerprint density at radius 3 is 2.94 bits per heavy atom. The highest BCUT2D eigenvalue weighted by atomic mass is 35.5. The maximum atomic E-state index is 13.0. The second-order valence-electron chi connectivity index (χ2n) is 3.86. The molecule has 0 radical (unpaired) electrons. The van der Waals surface area contributed by atoms with Crippen LogP contribution in [0, 0.1) is 5.82 Å². The Morgan fingerprint density at radius 1 is 1.59 bits per heavy atom. The van der Waals surface area contributed by atoms with Gasteiger partial charge in [0.05, 0.1) is 16.8 Å². The predicted molar refractivity (Wildman–Crippen MR) is 67.5 cm³/mol. The summed E-state index contributed by atoms with van der Waals surface area (Å²) >= 11 is 5.83. The van der Waals surface area contributed by atoms with Crippen LogP contribution in [0.15, 0.2) is 18.2 Å². The molecule has 0 fully saturated rings. The first-order chi connectivity index (χ1) is 8.04. The van der Waals surface area contributed by atoms with E-state index in [9.17, 15) is 9.18 Å². The van der Waals surface area contributed by atoms with Gasteiger partial charge in [0.15, 0.2) is 0 Å². The standard InChI is InChI=1S/C12H16ClFN2O/c1-2-3-4-10(15)12(17)16-11-7-8(14)5-6-9(11)13/h5-7,10H,2-4,15H2,1H3,(H,16,17). The number of halogens is 2. The first-order valence-electron chi connectivity index (χ1n) is 5.56. The Kier molecular flexibility index (Phi) is 5.38. The Hall–Kier alpha value is -1.13. The summed E-state index contributed by atoms with van der Waals surface area (Å²) in [5.74, 6) is -0.794. The van der Waals surface area contributed by atoms with E-state index in [0.717, 1.165) is 12.8 Å². The molecule has 94 valence electrons. The van der Waals surface area contributed by atoms with Gasteiger partial charge in [-0.3, -0.25) is 4.79 Å². The first-order valence-corrected chi connectivity index (χ1v) is 5.94. The van der Waals surface area contributed by atoms with Crippen LogP contribution in [0.1, 0.15) is 26.2 Å². The molecule has 3 nitrogen and oxygen atoms in total. The van der Waals surface area contributed by atoms with Gasteiger partial charge in [0.25, 0.3) is 0 Å². The molecule has 1 aromatic carbocycles. The van der Waals surface area contributed by atoms with Crippen molar-refractivity contribution in [2.75, 3.05) is 5.32 Å². The third-order valence-electron chi connectivity index (χ3n) is 2.39. The number of nitrogens with one attached hydrogen (secondary N) is 1. The minimum atomic E-state index is -0.589. The number of carbonyl (C=O) groups excluding carboxylic acids is 1. The van der Waals surface area contributed by atoms with Crippen LogP contribution >= 0.6 is 11.6 Å². The van der Waals surface area contributed by atoms with Crippen molar-refractivity contribution in [2.24, 2.45) is 5.73 Å². The first kappa shape index (κ1) is 13.9. The maximum absolute atomic E-state index is 13.0. The molecule has 0 aliphatic carbocycles. The third-order valence-corrected chi connectivity index (χ3v) is 2.72. The lowest BCUT2D eigenvalue weighted by molar-refractivity contribution is -0.117. The number of anilines is 1. The van der Waals surface area contributed by atoms with Gasteiger partial charge < -0.3 is 11.1 Å². The molecule has 0 aromatic heterocycles. The molecule has 0 saturated carbocycles. The predicted octanol–water partition coefficient (Wildman–Crippen LogP) is 2.94. The molecule has 3 N–H and O–H groups in total. The van der Waals surface area contributed by atoms with Gasteiger partial charge in [-0.25, -0.2) is 4.39 Å². The number of rotatable bonds is 5. The van der Waals surface area contributed by atoms with E-state index in [4.69, 9.17) is 17.3 Å². The van der Waals surface area contributed by atoms with E-state index in [2.05, 4.69) is 5.32 Å². The van der Waals surface area contributed by atoms with Crippen molar-refractivity contribution in [3.8, 4) is 0 Å². The third kappa shape index (κ3) is 4.32. The number of hydrogen-bond donors (Lipinski definition) is 2. The van der Waals surface area contributed by atoms with E-state index in [1.165, 1.54) is 18.2 Å². The lowest BCUT2D eigenvalue weighted by atomic mass is 10.1. The number of carbonyl (C=O) groups is 1. The fraction of sp³-hybridized carbons (Fsp3) is 0.417. The number of nitrogens with two attached hydrogens (primary N) is 1. The van der Waals surface area contributed by atoms with Crippen molar-refractivity contribution in [3.63, 3.8) is 0 Å². The molecule has 0 heterocycles. The highest BCUT2D eigenvalue weighted by Gasteiger charge is 2.14. The van der Waals surface area contributed by atoms with Crippen LogP contribution in [0.2, 0.25) is 5.02 Å². The summed E-state index contributed by atoms with van der Waals surface area (Å²) in [6.07, 6.45) is 2.46. The number of unbranched alkanes of at least 4 members (excludes halogenated alkanes) is 1. The largest absolute Gasteiger partial charge is 0.323 e. The van der Waals surface area contributed by atoms with Crippen molar-refractivity contribution in [3.05, 3.63) is 29.0 Å². The molecule has 1 aromatic rings. The van der Waals surface area contributed by atoms with Crippen molar-refractivity contribution < 1.29 is 9.18 Å². The smallest absolute Gasteiger partial charge is 0.241 e. The molecule has 1 atom stereocenters. The highest BCUT2D eigenvalue weighted by molar-refractivity contribution is 6.33. The summed E-state index contributed by atoms with van der Waals surface area (Å²) < 4.78 is 13.0. The SMILES string of the molecule is CCCCC(N)C(=O)Nc1cc(F)ccc1Cl. The minimum Gasteiger partial charge on any atom is -0.323 e. The molecule has 0 aliphatic heterocycles. The van der Waals surface area contributed by atoms with Crippen LogP contribution < -0.4 is 11.1 Å². The molecule has 1 unspecified atom stereocenters. The zero-order valence-corrected chi connectivity index (χ0v) is 10.4. The van der Waals surface area contributed by atoms with Gasteiger partial charge in [-0.1, -0.05) is 31.4 Å². The molecule has 0 saturated heterocycles. The molecule has 1 rings (SSSR count). The molecule has 0 bridgehead atoms. The van der Waals surface area contributed by atoms with Gasteiger partial charge in [0.1, 0.15) is 5.82 Å². The Bertz CT molecular complexity index is 398. The zero-order chi connectivity index (χ0) is 12.8. The number of hydrogen-bond acceptors (Lipinski definition) is 2. The van der Waals surface area contributed by atoms with Crippen molar-refractivity contribution in [1.82, 2.24) is 0 Å². The fourth-order valence-electron chi connectivity index (χ4n) is 1.37. The molecule has 17 heavy (non-hydrogen) atoms. The Morgan fingerprint density at radius 2 is 2.29 bits per heavy atom. The average molecular weight is 259 g/mol. The monoisotopic (exact) mass is 258 g/mol. The highest BCUT2D eigenvalue weighted by Crippen LogP contribution is 2.22. The lowest BCUT2D eigenvalue weighted by Gasteiger charge is -2.12. The van der Waals surface area contributed by atoms with Gasteiger partial charge in [-0.15, -0.1) is 0 Å². The van der Waals surface area contributed by atoms with Gasteiger partial charge in [-0.2, -0.15) is 0 Å². The molecule has 0 spiro atoms. The van der Waals surface area contributed by atoms with Crippen LogP contribution in [0.25, 0.3) is 0 Å². The summed E-state index contributed by atoms with van der Waals surface area (Å²) in [5.41, 5.74) is 5.94. The van der Waals surface area contributed by atoms with Crippen LogP contribution in [-0.2, 0) is 4.79 Å². The quantitative estimate of drug-likeness (QED) is 0.853. The topological polar surface area (TPSA) is 55.1 Å². The van der Waals surface area contributed by atoms with Gasteiger partial charge >= 0.3 is 0 Å². The normalized spacial score (nSPS) is 12.2. The Balaban J connectivity index is 2.64. The Labute approximate surface area is 105 Å². The van der Waals surface area contributed by atoms with E-state index in [0.29, 0.717) is 11.4 Å². The zero-order valence-electron chi connectivity index (χ0n) is 9.67. The van der Waals surface area contributed by atoms with Gasteiger partial charge in [-0.05, 0) is 24.6 Å². The molecule has 5 heteroatoms. The van der Waals surface area contributed by atoms with Crippen molar-refractivity contribution in [1.29, 1.82) is 0 Å². The van der Waals surface area contributed by atoms with Gasteiger partial charge in [0, 0.05) is 0 Å². The molecular weight excluding hydrogens is 243 g/mol.